The van der Waals surface area contributed by atoms with E-state index in [0.717, 1.165) is 21.1 Å². The van der Waals surface area contributed by atoms with Gasteiger partial charge in [0.2, 0.25) is 0 Å². The summed E-state index contributed by atoms with van der Waals surface area (Å²) < 4.78 is 0.880. The molecular formula is C26H19BrClN5O. The highest BCUT2D eigenvalue weighted by molar-refractivity contribution is 9.10. The highest BCUT2D eigenvalue weighted by Gasteiger charge is 2.73. The summed E-state index contributed by atoms with van der Waals surface area (Å²) in [6, 6.07) is 23.5. The summed E-state index contributed by atoms with van der Waals surface area (Å²) in [6.45, 7) is 0.465. The number of likely N-dealkylation sites (tertiary alicyclic amines) is 1. The van der Waals surface area contributed by atoms with Crippen LogP contribution in [0.3, 0.4) is 0 Å². The Balaban J connectivity index is 1.75. The first-order valence-electron chi connectivity index (χ1n) is 10.9. The quantitative estimate of drug-likeness (QED) is 0.366. The molecule has 0 unspecified atom stereocenters. The number of halogens is 2. The average molecular weight is 533 g/mol. The molecule has 3 aromatic carbocycles. The Morgan fingerprint density at radius 3 is 2.71 bits per heavy atom. The van der Waals surface area contributed by atoms with Crippen LogP contribution in [0.1, 0.15) is 22.9 Å². The number of fused-ring (bicyclic) bond motifs is 3. The lowest BCUT2D eigenvalue weighted by atomic mass is 9.61. The lowest BCUT2D eigenvalue weighted by Gasteiger charge is -2.41. The summed E-state index contributed by atoms with van der Waals surface area (Å²) in [7, 11) is 1.89. The third-order valence-electron chi connectivity index (χ3n) is 7.29. The van der Waals surface area contributed by atoms with Crippen molar-refractivity contribution in [2.75, 3.05) is 18.9 Å². The summed E-state index contributed by atoms with van der Waals surface area (Å²) in [5.41, 5.74) is 1.13. The second-order valence-electron chi connectivity index (χ2n) is 8.83. The van der Waals surface area contributed by atoms with Gasteiger partial charge in [0, 0.05) is 33.2 Å². The summed E-state index contributed by atoms with van der Waals surface area (Å²) in [6.07, 6.45) is 0. The van der Waals surface area contributed by atoms with Crippen molar-refractivity contribution in [3.05, 3.63) is 93.2 Å². The number of amides is 1. The molecule has 1 aromatic heterocycles. The van der Waals surface area contributed by atoms with Crippen LogP contribution in [0.4, 0.5) is 5.69 Å². The van der Waals surface area contributed by atoms with Crippen LogP contribution in [0.25, 0.3) is 11.0 Å². The van der Waals surface area contributed by atoms with Gasteiger partial charge in [-0.2, -0.15) is 5.26 Å². The number of aromatic amines is 1. The second kappa shape index (κ2) is 7.41. The van der Waals surface area contributed by atoms with E-state index in [1.165, 1.54) is 0 Å². The molecule has 0 aliphatic carbocycles. The molecule has 1 spiro atoms. The van der Waals surface area contributed by atoms with Crippen LogP contribution in [0.5, 0.6) is 0 Å². The number of hydrogen-bond donors (Lipinski definition) is 2. The maximum Gasteiger partial charge on any atom is 0.251 e. The van der Waals surface area contributed by atoms with Crippen LogP contribution >= 0.6 is 27.5 Å². The first-order valence-corrected chi connectivity index (χ1v) is 12.0. The molecule has 34 heavy (non-hydrogen) atoms. The van der Waals surface area contributed by atoms with Gasteiger partial charge in [0.05, 0.1) is 17.1 Å². The number of imidazole rings is 1. The van der Waals surface area contributed by atoms with E-state index in [2.05, 4.69) is 32.3 Å². The Morgan fingerprint density at radius 1 is 1.18 bits per heavy atom. The molecule has 6 nitrogen and oxygen atoms in total. The number of carbonyl (C=O) groups is 1. The number of carbonyl (C=O) groups excluding carboxylic acids is 1. The van der Waals surface area contributed by atoms with Gasteiger partial charge < -0.3 is 10.3 Å². The molecule has 0 bridgehead atoms. The van der Waals surface area contributed by atoms with Gasteiger partial charge in [0.15, 0.2) is 11.0 Å². The molecule has 3 heterocycles. The number of hydrogen-bond acceptors (Lipinski definition) is 4. The molecule has 0 radical (unpaired) electrons. The van der Waals surface area contributed by atoms with Gasteiger partial charge in [-0.05, 0) is 49.0 Å². The summed E-state index contributed by atoms with van der Waals surface area (Å²) >= 11 is 10.1. The van der Waals surface area contributed by atoms with E-state index in [-0.39, 0.29) is 11.8 Å². The molecule has 4 aromatic rings. The molecule has 2 aliphatic rings. The van der Waals surface area contributed by atoms with Crippen molar-refractivity contribution in [2.24, 2.45) is 0 Å². The van der Waals surface area contributed by atoms with Gasteiger partial charge in [0.1, 0.15) is 5.82 Å². The van der Waals surface area contributed by atoms with Crippen molar-refractivity contribution in [2.45, 2.75) is 16.9 Å². The number of likely N-dealkylation sites (N-methyl/N-ethyl adjacent to an activating group) is 1. The minimum atomic E-state index is -1.37. The molecule has 2 aliphatic heterocycles. The van der Waals surface area contributed by atoms with Crippen LogP contribution in [0, 0.1) is 11.3 Å². The van der Waals surface area contributed by atoms with Crippen molar-refractivity contribution >= 4 is 50.2 Å². The number of anilines is 1. The van der Waals surface area contributed by atoms with Gasteiger partial charge in [-0.25, -0.2) is 4.98 Å². The fraction of sp³-hybridized carbons (Fsp3) is 0.192. The van der Waals surface area contributed by atoms with Crippen molar-refractivity contribution < 1.29 is 4.79 Å². The maximum atomic E-state index is 14.0. The molecule has 168 valence electrons. The summed E-state index contributed by atoms with van der Waals surface area (Å²) in [4.78, 5) is 24.3. The third-order valence-corrected chi connectivity index (χ3v) is 8.25. The average Bonchev–Trinajstić information content (AvgIpc) is 3.47. The molecule has 1 saturated heterocycles. The normalized spacial score (nSPS) is 26.1. The number of nitrogens with one attached hydrogen (secondary N) is 2. The number of aromatic nitrogens is 2. The Morgan fingerprint density at radius 2 is 1.94 bits per heavy atom. The molecular weight excluding hydrogens is 514 g/mol. The second-order valence-corrected chi connectivity index (χ2v) is 10.1. The molecule has 3 atom stereocenters. The molecule has 0 saturated carbocycles. The summed E-state index contributed by atoms with van der Waals surface area (Å²) in [5.74, 6) is -0.164. The van der Waals surface area contributed by atoms with Crippen LogP contribution < -0.4 is 5.32 Å². The Bertz CT molecular complexity index is 1490. The van der Waals surface area contributed by atoms with Gasteiger partial charge in [-0.3, -0.25) is 9.69 Å². The van der Waals surface area contributed by atoms with Crippen molar-refractivity contribution in [3.8, 4) is 6.07 Å². The maximum absolute atomic E-state index is 14.0. The van der Waals surface area contributed by atoms with Crippen molar-refractivity contribution in [1.29, 1.82) is 5.26 Å². The number of rotatable bonds is 2. The van der Waals surface area contributed by atoms with Gasteiger partial charge in [-0.15, -0.1) is 0 Å². The van der Waals surface area contributed by atoms with Crippen LogP contribution in [0.15, 0.2) is 71.2 Å². The molecule has 2 N–H and O–H groups in total. The van der Waals surface area contributed by atoms with E-state index < -0.39 is 11.0 Å². The smallest absolute Gasteiger partial charge is 0.251 e. The van der Waals surface area contributed by atoms with Gasteiger partial charge in [-0.1, -0.05) is 57.9 Å². The zero-order valence-corrected chi connectivity index (χ0v) is 20.5. The number of para-hydroxylation sites is 2. The fourth-order valence-electron chi connectivity index (χ4n) is 5.91. The lowest BCUT2D eigenvalue weighted by Crippen LogP contribution is -2.57. The highest BCUT2D eigenvalue weighted by Crippen LogP contribution is 2.62. The van der Waals surface area contributed by atoms with Crippen LogP contribution in [0.2, 0.25) is 5.02 Å². The Kier molecular flexibility index (Phi) is 4.65. The van der Waals surface area contributed by atoms with Crippen molar-refractivity contribution in [3.63, 3.8) is 0 Å². The van der Waals surface area contributed by atoms with Gasteiger partial charge >= 0.3 is 0 Å². The largest absolute Gasteiger partial charge is 0.341 e. The van der Waals surface area contributed by atoms with E-state index in [9.17, 15) is 10.1 Å². The topological polar surface area (TPSA) is 84.8 Å². The highest BCUT2D eigenvalue weighted by atomic mass is 79.9. The standard InChI is InChI=1S/C26H19BrClN5O/c1-33-13-18(16-6-2-3-7-19(16)27)25(14-29,23-30-21-8-4-5-9-22(21)31-23)26(33)17-12-15(28)10-11-20(17)32-24(26)34/h2-12,18H,13H2,1H3,(H,30,31)(H,32,34)/t18-,25-,26+/m1/s1. The zero-order valence-electron chi connectivity index (χ0n) is 18.1. The third kappa shape index (κ3) is 2.53. The minimum absolute atomic E-state index is 0.260. The first-order chi connectivity index (χ1) is 16.4. The number of nitrogens with zero attached hydrogens (tertiary/aromatic N) is 3. The minimum Gasteiger partial charge on any atom is -0.341 e. The molecule has 1 amide bonds. The Labute approximate surface area is 209 Å². The fourth-order valence-corrected chi connectivity index (χ4v) is 6.64. The van der Waals surface area contributed by atoms with E-state index in [0.29, 0.717) is 28.6 Å². The SMILES string of the molecule is CN1C[C@H](c2ccccc2Br)[C@](C#N)(c2nc3ccccc3[nH]2)[C@]12C(=O)Nc1ccc(Cl)cc12. The van der Waals surface area contributed by atoms with Gasteiger partial charge in [0.25, 0.3) is 5.91 Å². The summed E-state index contributed by atoms with van der Waals surface area (Å²) in [5, 5.41) is 14.6. The zero-order chi connectivity index (χ0) is 23.7. The number of H-pyrrole nitrogens is 1. The molecule has 8 heteroatoms. The van der Waals surface area contributed by atoms with Crippen LogP contribution in [-0.2, 0) is 15.7 Å². The predicted octanol–water partition coefficient (Wildman–Crippen LogP) is 5.32. The number of nitriles is 1. The van der Waals surface area contributed by atoms with Crippen molar-refractivity contribution in [1.82, 2.24) is 14.9 Å². The molecule has 6 rings (SSSR count). The molecule has 1 fully saturated rings. The van der Waals surface area contributed by atoms with Crippen LogP contribution in [-0.4, -0.2) is 34.4 Å². The monoisotopic (exact) mass is 531 g/mol. The lowest BCUT2D eigenvalue weighted by molar-refractivity contribution is -0.127. The van der Waals surface area contributed by atoms with E-state index >= 15 is 0 Å². The van der Waals surface area contributed by atoms with E-state index in [1.807, 2.05) is 60.5 Å². The van der Waals surface area contributed by atoms with E-state index in [1.54, 1.807) is 18.2 Å². The van der Waals surface area contributed by atoms with E-state index in [4.69, 9.17) is 16.6 Å². The Hall–Kier alpha value is -3.18. The number of benzene rings is 3. The predicted molar refractivity (Wildman–Crippen MR) is 135 cm³/mol. The first kappa shape index (κ1) is 21.4.